The van der Waals surface area contributed by atoms with Gasteiger partial charge in [0.2, 0.25) is 0 Å². The molecule has 6 nitrogen and oxygen atoms in total. The van der Waals surface area contributed by atoms with Gasteiger partial charge in [-0.3, -0.25) is 9.89 Å². The van der Waals surface area contributed by atoms with Crippen LogP contribution in [0.2, 0.25) is 5.02 Å². The molecule has 2 aromatic heterocycles. The Labute approximate surface area is 163 Å². The highest BCUT2D eigenvalue weighted by molar-refractivity contribution is 6.30. The van der Waals surface area contributed by atoms with Crippen LogP contribution in [0.4, 0.5) is 13.2 Å². The monoisotopic (exact) mass is 411 g/mol. The molecule has 0 aliphatic carbocycles. The molecule has 148 valence electrons. The fraction of sp³-hybridized carbons (Fsp3) is 0.278. The summed E-state index contributed by atoms with van der Waals surface area (Å²) >= 11 is 5.79. The van der Waals surface area contributed by atoms with Gasteiger partial charge in [-0.05, 0) is 44.2 Å². The topological polar surface area (TPSA) is 75.6 Å². The van der Waals surface area contributed by atoms with Gasteiger partial charge in [-0.25, -0.2) is 4.68 Å². The van der Waals surface area contributed by atoms with Crippen molar-refractivity contribution < 1.29 is 18.0 Å². The number of carbonyl (C=O) groups excluding carboxylic acids is 1. The fourth-order valence-corrected chi connectivity index (χ4v) is 2.94. The van der Waals surface area contributed by atoms with Crippen molar-refractivity contribution in [3.8, 4) is 5.69 Å². The summed E-state index contributed by atoms with van der Waals surface area (Å²) in [5.41, 5.74) is 0.0220. The third-order valence-corrected chi connectivity index (χ3v) is 4.26. The summed E-state index contributed by atoms with van der Waals surface area (Å²) in [7, 11) is 0. The average Bonchev–Trinajstić information content (AvgIpc) is 3.21. The van der Waals surface area contributed by atoms with Gasteiger partial charge < -0.3 is 5.32 Å². The van der Waals surface area contributed by atoms with Crippen molar-refractivity contribution in [1.82, 2.24) is 25.3 Å². The van der Waals surface area contributed by atoms with Crippen LogP contribution in [0.3, 0.4) is 0 Å². The van der Waals surface area contributed by atoms with E-state index in [0.717, 1.165) is 11.9 Å². The van der Waals surface area contributed by atoms with Gasteiger partial charge in [0.15, 0.2) is 5.69 Å². The molecule has 0 spiro atoms. The van der Waals surface area contributed by atoms with Crippen molar-refractivity contribution in [2.75, 3.05) is 0 Å². The molecule has 3 aromatic rings. The average molecular weight is 412 g/mol. The molecule has 0 aliphatic rings. The van der Waals surface area contributed by atoms with Crippen molar-refractivity contribution in [3.05, 3.63) is 64.2 Å². The number of H-pyrrole nitrogens is 1. The number of aromatic nitrogens is 4. The zero-order valence-corrected chi connectivity index (χ0v) is 15.8. The second-order valence-corrected chi connectivity index (χ2v) is 6.85. The van der Waals surface area contributed by atoms with Gasteiger partial charge in [-0.1, -0.05) is 11.6 Å². The predicted octanol–water partition coefficient (Wildman–Crippen LogP) is 3.94. The van der Waals surface area contributed by atoms with E-state index in [2.05, 4.69) is 20.6 Å². The van der Waals surface area contributed by atoms with Crippen LogP contribution in [0.25, 0.3) is 5.69 Å². The molecule has 1 unspecified atom stereocenters. The lowest BCUT2D eigenvalue weighted by atomic mass is 10.1. The molecule has 1 aromatic carbocycles. The van der Waals surface area contributed by atoms with Gasteiger partial charge in [-0.15, -0.1) is 0 Å². The number of hydrogen-bond acceptors (Lipinski definition) is 3. The van der Waals surface area contributed by atoms with Crippen LogP contribution >= 0.6 is 11.6 Å². The zero-order valence-electron chi connectivity index (χ0n) is 15.0. The largest absolute Gasteiger partial charge is 0.434 e. The summed E-state index contributed by atoms with van der Waals surface area (Å²) in [4.78, 5) is 12.5. The van der Waals surface area contributed by atoms with Gasteiger partial charge in [0, 0.05) is 23.2 Å². The van der Waals surface area contributed by atoms with Crippen molar-refractivity contribution in [2.45, 2.75) is 32.5 Å². The first-order valence-corrected chi connectivity index (χ1v) is 8.76. The number of nitrogens with one attached hydrogen (secondary N) is 2. The molecule has 1 amide bonds. The van der Waals surface area contributed by atoms with Gasteiger partial charge in [-0.2, -0.15) is 23.4 Å². The molecular weight excluding hydrogens is 395 g/mol. The Morgan fingerprint density at radius 3 is 2.57 bits per heavy atom. The van der Waals surface area contributed by atoms with Crippen LogP contribution in [-0.4, -0.2) is 31.9 Å². The van der Waals surface area contributed by atoms with E-state index in [1.165, 1.54) is 24.3 Å². The number of hydrogen-bond donors (Lipinski definition) is 2. The van der Waals surface area contributed by atoms with Gasteiger partial charge >= 0.3 is 6.18 Å². The minimum atomic E-state index is -4.77. The number of alkyl halides is 3. The number of nitrogens with zero attached hydrogens (tertiary/aromatic N) is 3. The minimum Gasteiger partial charge on any atom is -0.349 e. The zero-order chi connectivity index (χ0) is 20.5. The SMILES string of the molecule is Cc1cc(CC(C)NC(=O)c2cnn(-c3ccc(Cl)cc3)c2C(F)(F)F)n[nH]1. The van der Waals surface area contributed by atoms with E-state index in [1.54, 1.807) is 6.92 Å². The Morgan fingerprint density at radius 1 is 1.32 bits per heavy atom. The number of benzene rings is 1. The van der Waals surface area contributed by atoms with E-state index in [9.17, 15) is 18.0 Å². The lowest BCUT2D eigenvalue weighted by molar-refractivity contribution is -0.143. The fourth-order valence-electron chi connectivity index (χ4n) is 2.81. The molecule has 10 heteroatoms. The maximum absolute atomic E-state index is 13.7. The number of rotatable bonds is 5. The van der Waals surface area contributed by atoms with Crippen molar-refractivity contribution >= 4 is 17.5 Å². The summed E-state index contributed by atoms with van der Waals surface area (Å²) in [5, 5.41) is 13.6. The Balaban J connectivity index is 1.86. The Kier molecular flexibility index (Phi) is 5.46. The third kappa shape index (κ3) is 4.36. The molecule has 1 atom stereocenters. The highest BCUT2D eigenvalue weighted by Gasteiger charge is 2.40. The Morgan fingerprint density at radius 2 is 2.00 bits per heavy atom. The maximum atomic E-state index is 13.7. The number of aromatic amines is 1. The Hall–Kier alpha value is -2.81. The first kappa shape index (κ1) is 19.9. The molecule has 0 fully saturated rings. The van der Waals surface area contributed by atoms with Crippen molar-refractivity contribution in [1.29, 1.82) is 0 Å². The molecule has 0 bridgehead atoms. The highest BCUT2D eigenvalue weighted by Crippen LogP contribution is 2.33. The molecule has 0 saturated heterocycles. The molecule has 0 radical (unpaired) electrons. The van der Waals surface area contributed by atoms with E-state index in [1.807, 2.05) is 13.0 Å². The first-order chi connectivity index (χ1) is 13.1. The predicted molar refractivity (Wildman–Crippen MR) is 97.5 cm³/mol. The third-order valence-electron chi connectivity index (χ3n) is 4.01. The maximum Gasteiger partial charge on any atom is 0.434 e. The van der Waals surface area contributed by atoms with Crippen LogP contribution in [0.15, 0.2) is 36.5 Å². The van der Waals surface area contributed by atoms with E-state index >= 15 is 0 Å². The quantitative estimate of drug-likeness (QED) is 0.667. The summed E-state index contributed by atoms with van der Waals surface area (Å²) < 4.78 is 41.7. The van der Waals surface area contributed by atoms with E-state index in [4.69, 9.17) is 11.6 Å². The molecule has 0 saturated carbocycles. The number of aryl methyl sites for hydroxylation is 1. The minimum absolute atomic E-state index is 0.149. The van der Waals surface area contributed by atoms with Gasteiger partial charge in [0.05, 0.1) is 23.1 Å². The standard InChI is InChI=1S/C18H17ClF3N5O/c1-10(7-13-8-11(2)25-26-13)24-17(28)15-9-23-27(16(15)18(20,21)22)14-5-3-12(19)4-6-14/h3-6,8-10H,7H2,1-2H3,(H,24,28)(H,25,26). The molecule has 2 heterocycles. The van der Waals surface area contributed by atoms with Gasteiger partial charge in [0.1, 0.15) is 0 Å². The van der Waals surface area contributed by atoms with Crippen molar-refractivity contribution in [2.24, 2.45) is 0 Å². The smallest absolute Gasteiger partial charge is 0.349 e. The second-order valence-electron chi connectivity index (χ2n) is 6.41. The van der Waals surface area contributed by atoms with Gasteiger partial charge in [0.25, 0.3) is 5.91 Å². The first-order valence-electron chi connectivity index (χ1n) is 8.38. The second kappa shape index (κ2) is 7.67. The van der Waals surface area contributed by atoms with Crippen LogP contribution in [0.5, 0.6) is 0 Å². The molecule has 28 heavy (non-hydrogen) atoms. The number of amides is 1. The summed E-state index contributed by atoms with van der Waals surface area (Å²) in [6.07, 6.45) is -3.48. The molecule has 0 aliphatic heterocycles. The molecular formula is C18H17ClF3N5O. The summed E-state index contributed by atoms with van der Waals surface area (Å²) in [6.45, 7) is 3.53. The number of halogens is 4. The van der Waals surface area contributed by atoms with E-state index in [0.29, 0.717) is 21.8 Å². The van der Waals surface area contributed by atoms with Crippen LogP contribution in [-0.2, 0) is 12.6 Å². The van der Waals surface area contributed by atoms with E-state index in [-0.39, 0.29) is 5.69 Å². The Bertz CT molecular complexity index is 978. The molecule has 2 N–H and O–H groups in total. The van der Waals surface area contributed by atoms with Crippen molar-refractivity contribution in [3.63, 3.8) is 0 Å². The normalized spacial score (nSPS) is 12.8. The van der Waals surface area contributed by atoms with Crippen LogP contribution < -0.4 is 5.32 Å². The lowest BCUT2D eigenvalue weighted by Gasteiger charge is -2.15. The summed E-state index contributed by atoms with van der Waals surface area (Å²) in [5.74, 6) is -0.854. The number of carbonyl (C=O) groups is 1. The lowest BCUT2D eigenvalue weighted by Crippen LogP contribution is -2.35. The molecule has 3 rings (SSSR count). The highest BCUT2D eigenvalue weighted by atomic mass is 35.5. The van der Waals surface area contributed by atoms with E-state index < -0.39 is 29.4 Å². The summed E-state index contributed by atoms with van der Waals surface area (Å²) in [6, 6.07) is 7.08. The van der Waals surface area contributed by atoms with Crippen LogP contribution in [0, 0.1) is 6.92 Å². The van der Waals surface area contributed by atoms with Crippen LogP contribution in [0.1, 0.15) is 34.4 Å².